The summed E-state index contributed by atoms with van der Waals surface area (Å²) in [5, 5.41) is 3.52. The minimum Gasteiger partial charge on any atom is -0.497 e. The van der Waals surface area contributed by atoms with E-state index >= 15 is 0 Å². The molecule has 4 aliphatic rings. The van der Waals surface area contributed by atoms with Crippen LogP contribution < -0.4 is 24.6 Å². The number of fused-ring (bicyclic) bond motifs is 9. The maximum Gasteiger partial charge on any atom is 0.305 e. The lowest BCUT2D eigenvalue weighted by Gasteiger charge is -2.43. The van der Waals surface area contributed by atoms with Gasteiger partial charge in [-0.15, -0.1) is 11.8 Å². The van der Waals surface area contributed by atoms with Crippen molar-refractivity contribution in [1.82, 2.24) is 4.98 Å². The Bertz CT molecular complexity index is 1930. The van der Waals surface area contributed by atoms with Gasteiger partial charge in [-0.2, -0.15) is 0 Å². The van der Waals surface area contributed by atoms with Crippen LogP contribution in [-0.2, 0) is 14.4 Å². The number of thiazole rings is 1. The van der Waals surface area contributed by atoms with Crippen LogP contribution in [0.4, 0.5) is 15.8 Å². The van der Waals surface area contributed by atoms with E-state index in [2.05, 4.69) is 10.3 Å². The Hall–Kier alpha value is -4.42. The van der Waals surface area contributed by atoms with Gasteiger partial charge < -0.3 is 19.8 Å². The van der Waals surface area contributed by atoms with Crippen LogP contribution in [0.1, 0.15) is 22.8 Å². The van der Waals surface area contributed by atoms with Crippen molar-refractivity contribution in [1.29, 1.82) is 0 Å². The Balaban J connectivity index is 1.11. The molecule has 2 aliphatic heterocycles. The normalized spacial score (nSPS) is 27.3. The van der Waals surface area contributed by atoms with Crippen molar-refractivity contribution >= 4 is 52.2 Å². The number of H-pyrrole nitrogens is 1. The fraction of sp³-hybridized carbons (Fsp3) is 0.294. The number of thioether (sulfide) groups is 1. The van der Waals surface area contributed by atoms with E-state index in [4.69, 9.17) is 9.47 Å². The molecule has 2 N–H and O–H groups in total. The van der Waals surface area contributed by atoms with Gasteiger partial charge in [0.1, 0.15) is 17.3 Å². The summed E-state index contributed by atoms with van der Waals surface area (Å²) in [5.41, 5.74) is 1.82. The van der Waals surface area contributed by atoms with Gasteiger partial charge in [0, 0.05) is 27.3 Å². The molecule has 12 heteroatoms. The zero-order chi connectivity index (χ0) is 31.7. The number of nitrogens with zero attached hydrogens (tertiary/aromatic N) is 1. The van der Waals surface area contributed by atoms with Gasteiger partial charge in [-0.1, -0.05) is 29.5 Å². The highest BCUT2D eigenvalue weighted by Crippen LogP contribution is 2.69. The van der Waals surface area contributed by atoms with Gasteiger partial charge in [-0.3, -0.25) is 24.1 Å². The van der Waals surface area contributed by atoms with Crippen LogP contribution in [-0.4, -0.2) is 41.7 Å². The van der Waals surface area contributed by atoms with Crippen molar-refractivity contribution in [2.75, 3.05) is 23.9 Å². The number of halogens is 1. The molecule has 9 nitrogen and oxygen atoms in total. The fourth-order valence-electron chi connectivity index (χ4n) is 8.09. The number of nitrogens with one attached hydrogen (secondary N) is 2. The number of carbonyl (C=O) groups excluding carboxylic acids is 3. The Labute approximate surface area is 271 Å². The predicted molar refractivity (Wildman–Crippen MR) is 171 cm³/mol. The van der Waals surface area contributed by atoms with Crippen LogP contribution >= 0.6 is 23.1 Å². The molecule has 234 valence electrons. The maximum atomic E-state index is 14.0. The maximum absolute atomic E-state index is 14.0. The molecule has 1 saturated heterocycles. The summed E-state index contributed by atoms with van der Waals surface area (Å²) < 4.78 is 24.7. The molecule has 4 aromatic rings. The zero-order valence-corrected chi connectivity index (χ0v) is 26.1. The highest BCUT2D eigenvalue weighted by atomic mass is 32.2. The lowest BCUT2D eigenvalue weighted by atomic mass is 9.68. The second kappa shape index (κ2) is 11.1. The van der Waals surface area contributed by atoms with Gasteiger partial charge in [-0.05, 0) is 78.8 Å². The van der Waals surface area contributed by atoms with Crippen LogP contribution in [0, 0.1) is 35.4 Å². The molecule has 3 fully saturated rings. The first-order chi connectivity index (χ1) is 22.3. The number of imide groups is 1. The van der Waals surface area contributed by atoms with Crippen LogP contribution in [0.25, 0.3) is 0 Å². The standard InChI is InChI=1S/C34H28FN3O6S2/c1-43-19-12-10-18(11-13-19)38-32(40)27-21-14-22(28(27)33(38)41)29-26(21)25(30-31(45-29)37-34(42)46-30)20-4-2-3-5-23(20)44-15-24(39)36-17-8-6-16(35)7-9-17/h2-13,21-22,25-29H,14-15H2,1H3,(H,36,39)(H,37,42)/t21-,22-,25-,26?,27?,28?,29?/m1/s1. The van der Waals surface area contributed by atoms with Gasteiger partial charge in [0.25, 0.3) is 5.91 Å². The second-order valence-electron chi connectivity index (χ2n) is 12.1. The third-order valence-corrected chi connectivity index (χ3v) is 12.4. The number of ether oxygens (including phenoxy) is 2. The van der Waals surface area contributed by atoms with Crippen LogP contribution in [0.3, 0.4) is 0 Å². The van der Waals surface area contributed by atoms with Crippen LogP contribution in [0.15, 0.2) is 82.6 Å². The van der Waals surface area contributed by atoms with Crippen molar-refractivity contribution in [3.05, 3.63) is 98.7 Å². The highest BCUT2D eigenvalue weighted by molar-refractivity contribution is 8.00. The fourth-order valence-corrected chi connectivity index (χ4v) is 11.0. The number of aromatic nitrogens is 1. The molecule has 0 radical (unpaired) electrons. The van der Waals surface area contributed by atoms with Gasteiger partial charge in [-0.25, -0.2) is 4.39 Å². The summed E-state index contributed by atoms with van der Waals surface area (Å²) in [6.45, 7) is -0.277. The lowest BCUT2D eigenvalue weighted by Crippen LogP contribution is -2.42. The van der Waals surface area contributed by atoms with Crippen LogP contribution in [0.5, 0.6) is 11.5 Å². The molecule has 2 bridgehead atoms. The van der Waals surface area contributed by atoms with Gasteiger partial charge >= 0.3 is 4.87 Å². The van der Waals surface area contributed by atoms with E-state index in [1.165, 1.54) is 29.2 Å². The monoisotopic (exact) mass is 657 g/mol. The number of benzene rings is 3. The molecule has 3 amide bonds. The second-order valence-corrected chi connectivity index (χ2v) is 14.3. The van der Waals surface area contributed by atoms with E-state index in [-0.39, 0.29) is 52.2 Å². The first-order valence-corrected chi connectivity index (χ1v) is 16.7. The third-order valence-electron chi connectivity index (χ3n) is 9.80. The molecule has 46 heavy (non-hydrogen) atoms. The Morgan fingerprint density at radius 3 is 2.43 bits per heavy atom. The average Bonchev–Trinajstić information content (AvgIpc) is 3.80. The van der Waals surface area contributed by atoms with Gasteiger partial charge in [0.2, 0.25) is 11.8 Å². The van der Waals surface area contributed by atoms with E-state index in [9.17, 15) is 23.6 Å². The minimum absolute atomic E-state index is 0.0106. The third kappa shape index (κ3) is 4.57. The van der Waals surface area contributed by atoms with Crippen molar-refractivity contribution < 1.29 is 28.2 Å². The van der Waals surface area contributed by atoms with Gasteiger partial charge in [0.05, 0.1) is 29.7 Å². The summed E-state index contributed by atoms with van der Waals surface area (Å²) in [6, 6.07) is 19.9. The molecular formula is C34H28FN3O6S2. The molecule has 2 aliphatic carbocycles. The summed E-state index contributed by atoms with van der Waals surface area (Å²) in [5.74, 6) is -1.25. The number of methoxy groups -OCH3 is 1. The van der Waals surface area contributed by atoms with Crippen molar-refractivity contribution in [2.45, 2.75) is 22.6 Å². The average molecular weight is 658 g/mol. The number of hydrogen-bond acceptors (Lipinski definition) is 8. The molecule has 3 heterocycles. The summed E-state index contributed by atoms with van der Waals surface area (Å²) in [4.78, 5) is 58.5. The largest absolute Gasteiger partial charge is 0.497 e. The topological polar surface area (TPSA) is 118 Å². The van der Waals surface area contributed by atoms with E-state index in [0.717, 1.165) is 33.2 Å². The number of anilines is 2. The molecule has 7 atom stereocenters. The molecule has 0 spiro atoms. The van der Waals surface area contributed by atoms with E-state index in [1.807, 2.05) is 18.2 Å². The Morgan fingerprint density at radius 2 is 1.70 bits per heavy atom. The number of rotatable bonds is 7. The number of para-hydroxylation sites is 1. The summed E-state index contributed by atoms with van der Waals surface area (Å²) >= 11 is 2.78. The van der Waals surface area contributed by atoms with Crippen LogP contribution in [0.2, 0.25) is 0 Å². The van der Waals surface area contributed by atoms with Crippen molar-refractivity contribution in [3.63, 3.8) is 0 Å². The minimum atomic E-state index is -0.448. The summed E-state index contributed by atoms with van der Waals surface area (Å²) in [6.07, 6.45) is 0.754. The Morgan fingerprint density at radius 1 is 0.978 bits per heavy atom. The smallest absolute Gasteiger partial charge is 0.305 e. The zero-order valence-electron chi connectivity index (χ0n) is 24.5. The molecular weight excluding hydrogens is 630 g/mol. The van der Waals surface area contributed by atoms with Crippen molar-refractivity contribution in [2.24, 2.45) is 29.6 Å². The van der Waals surface area contributed by atoms with Crippen molar-refractivity contribution in [3.8, 4) is 11.5 Å². The number of aromatic amines is 1. The molecule has 4 unspecified atom stereocenters. The number of carbonyl (C=O) groups is 3. The SMILES string of the molecule is COc1ccc(N2C(=O)C3C(C2=O)[C@@H]2C[C@H]3C3Sc4[nH]c(=O)sc4[C@H](c4ccccc4OCC(=O)Nc4ccc(F)cc4)C32)cc1. The molecule has 8 rings (SSSR count). The van der Waals surface area contributed by atoms with Gasteiger partial charge in [0.15, 0.2) is 6.61 Å². The lowest BCUT2D eigenvalue weighted by molar-refractivity contribution is -0.123. The predicted octanol–water partition coefficient (Wildman–Crippen LogP) is 5.28. The molecule has 2 saturated carbocycles. The highest BCUT2D eigenvalue weighted by Gasteiger charge is 2.69. The van der Waals surface area contributed by atoms with E-state index < -0.39 is 23.6 Å². The Kier molecular flexibility index (Phi) is 7.02. The first-order valence-electron chi connectivity index (χ1n) is 15.0. The molecule has 1 aromatic heterocycles. The molecule has 3 aromatic carbocycles. The van der Waals surface area contributed by atoms with E-state index in [1.54, 1.807) is 49.2 Å². The number of amides is 3. The summed E-state index contributed by atoms with van der Waals surface area (Å²) in [7, 11) is 1.57. The quantitative estimate of drug-likeness (QED) is 0.260. The first kappa shape index (κ1) is 29.0. The number of hydrogen-bond donors (Lipinski definition) is 2. The van der Waals surface area contributed by atoms with E-state index in [0.29, 0.717) is 22.9 Å².